The number of carbonyl (C=O) groups is 2. The second kappa shape index (κ2) is 6.72. The highest BCUT2D eigenvalue weighted by Gasteiger charge is 2.31. The van der Waals surface area contributed by atoms with Gasteiger partial charge in [-0.3, -0.25) is 4.79 Å². The average Bonchev–Trinajstić information content (AvgIpc) is 2.90. The van der Waals surface area contributed by atoms with Crippen molar-refractivity contribution < 1.29 is 14.7 Å². The number of aromatic carboxylic acids is 1. The Morgan fingerprint density at radius 2 is 2.10 bits per heavy atom. The molecule has 2 atom stereocenters. The number of hydrogen-bond donors (Lipinski definition) is 2. The molecule has 2 N–H and O–H groups in total. The van der Waals surface area contributed by atoms with Gasteiger partial charge in [0.25, 0.3) is 0 Å². The molecule has 1 saturated heterocycles. The number of nitrogens with zero attached hydrogens (tertiary/aromatic N) is 1. The maximum absolute atomic E-state index is 12.4. The SMILES string of the molecule is CC1NCCC1C(=O)N(C)CCc1ccccc1C(=O)O. The van der Waals surface area contributed by atoms with E-state index in [4.69, 9.17) is 5.11 Å². The number of carbonyl (C=O) groups excluding carboxylic acids is 1. The molecule has 1 aliphatic heterocycles. The standard InChI is InChI=1S/C16H22N2O3/c1-11-13(7-9-17-11)15(19)18(2)10-8-12-5-3-4-6-14(12)16(20)21/h3-6,11,13,17H,7-10H2,1-2H3,(H,20,21). The minimum absolute atomic E-state index is 0.0321. The second-order valence-electron chi connectivity index (χ2n) is 5.61. The van der Waals surface area contributed by atoms with Crippen LogP contribution in [0.2, 0.25) is 0 Å². The van der Waals surface area contributed by atoms with Crippen LogP contribution in [-0.2, 0) is 11.2 Å². The van der Waals surface area contributed by atoms with Gasteiger partial charge in [0, 0.05) is 19.6 Å². The maximum Gasteiger partial charge on any atom is 0.335 e. The van der Waals surface area contributed by atoms with E-state index in [1.165, 1.54) is 0 Å². The molecular weight excluding hydrogens is 268 g/mol. The van der Waals surface area contributed by atoms with Crippen LogP contribution >= 0.6 is 0 Å². The molecule has 5 heteroatoms. The molecule has 1 amide bonds. The molecule has 2 rings (SSSR count). The molecule has 1 heterocycles. The Morgan fingerprint density at radius 1 is 1.38 bits per heavy atom. The van der Waals surface area contributed by atoms with Gasteiger partial charge in [0.05, 0.1) is 11.5 Å². The van der Waals surface area contributed by atoms with Crippen molar-refractivity contribution in [1.29, 1.82) is 0 Å². The van der Waals surface area contributed by atoms with Crippen molar-refractivity contribution in [2.45, 2.75) is 25.8 Å². The third-order valence-corrected chi connectivity index (χ3v) is 4.18. The topological polar surface area (TPSA) is 69.6 Å². The number of benzene rings is 1. The molecule has 114 valence electrons. The number of likely N-dealkylation sites (N-methyl/N-ethyl adjacent to an activating group) is 1. The van der Waals surface area contributed by atoms with Crippen LogP contribution in [0.4, 0.5) is 0 Å². The summed E-state index contributed by atoms with van der Waals surface area (Å²) in [6.07, 6.45) is 1.43. The van der Waals surface area contributed by atoms with Gasteiger partial charge in [-0.05, 0) is 37.9 Å². The highest BCUT2D eigenvalue weighted by atomic mass is 16.4. The van der Waals surface area contributed by atoms with Crippen molar-refractivity contribution in [3.63, 3.8) is 0 Å². The fourth-order valence-corrected chi connectivity index (χ4v) is 2.82. The van der Waals surface area contributed by atoms with Crippen LogP contribution in [0.5, 0.6) is 0 Å². The Bertz CT molecular complexity index is 530. The van der Waals surface area contributed by atoms with E-state index in [-0.39, 0.29) is 17.9 Å². The molecule has 1 aromatic rings. The Kier molecular flexibility index (Phi) is 4.96. The first kappa shape index (κ1) is 15.5. The molecule has 2 unspecified atom stereocenters. The van der Waals surface area contributed by atoms with Gasteiger partial charge in [0.15, 0.2) is 0 Å². The van der Waals surface area contributed by atoms with E-state index >= 15 is 0 Å². The lowest BCUT2D eigenvalue weighted by Crippen LogP contribution is -2.39. The molecule has 21 heavy (non-hydrogen) atoms. The van der Waals surface area contributed by atoms with Crippen molar-refractivity contribution in [2.75, 3.05) is 20.1 Å². The molecule has 0 aliphatic carbocycles. The molecule has 0 aromatic heterocycles. The van der Waals surface area contributed by atoms with Crippen molar-refractivity contribution >= 4 is 11.9 Å². The Balaban J connectivity index is 1.96. The molecule has 5 nitrogen and oxygen atoms in total. The van der Waals surface area contributed by atoms with E-state index in [2.05, 4.69) is 5.32 Å². The average molecular weight is 290 g/mol. The van der Waals surface area contributed by atoms with Crippen LogP contribution in [0.3, 0.4) is 0 Å². The van der Waals surface area contributed by atoms with Crippen LogP contribution < -0.4 is 5.32 Å². The first-order valence-corrected chi connectivity index (χ1v) is 7.30. The van der Waals surface area contributed by atoms with E-state index in [9.17, 15) is 9.59 Å². The predicted molar refractivity (Wildman–Crippen MR) is 80.3 cm³/mol. The number of carboxylic acids is 1. The summed E-state index contributed by atoms with van der Waals surface area (Å²) in [6.45, 7) is 3.45. The first-order valence-electron chi connectivity index (χ1n) is 7.30. The summed E-state index contributed by atoms with van der Waals surface area (Å²) in [5.41, 5.74) is 1.08. The van der Waals surface area contributed by atoms with E-state index in [1.54, 1.807) is 24.1 Å². The summed E-state index contributed by atoms with van der Waals surface area (Å²) in [6, 6.07) is 7.16. The molecule has 0 saturated carbocycles. The Hall–Kier alpha value is -1.88. The van der Waals surface area contributed by atoms with E-state index < -0.39 is 5.97 Å². The zero-order chi connectivity index (χ0) is 15.4. The summed E-state index contributed by atoms with van der Waals surface area (Å²) in [7, 11) is 1.79. The Labute approximate surface area is 125 Å². The summed E-state index contributed by atoms with van der Waals surface area (Å²) in [5.74, 6) is -0.752. The van der Waals surface area contributed by atoms with Gasteiger partial charge in [-0.15, -0.1) is 0 Å². The lowest BCUT2D eigenvalue weighted by molar-refractivity contribution is -0.134. The molecule has 0 bridgehead atoms. The van der Waals surface area contributed by atoms with E-state index in [0.717, 1.165) is 18.5 Å². The second-order valence-corrected chi connectivity index (χ2v) is 5.61. The van der Waals surface area contributed by atoms with Gasteiger partial charge in [0.2, 0.25) is 5.91 Å². The fourth-order valence-electron chi connectivity index (χ4n) is 2.82. The lowest BCUT2D eigenvalue weighted by atomic mass is 10.00. The summed E-state index contributed by atoms with van der Waals surface area (Å²) in [4.78, 5) is 25.2. The number of hydrogen-bond acceptors (Lipinski definition) is 3. The largest absolute Gasteiger partial charge is 0.478 e. The van der Waals surface area contributed by atoms with Crippen molar-refractivity contribution in [3.05, 3.63) is 35.4 Å². The van der Waals surface area contributed by atoms with E-state index in [0.29, 0.717) is 18.5 Å². The van der Waals surface area contributed by atoms with Crippen molar-refractivity contribution in [2.24, 2.45) is 5.92 Å². The number of amides is 1. The third kappa shape index (κ3) is 3.61. The molecule has 1 aliphatic rings. The summed E-state index contributed by atoms with van der Waals surface area (Å²) >= 11 is 0. The van der Waals surface area contributed by atoms with Crippen molar-refractivity contribution in [1.82, 2.24) is 10.2 Å². The van der Waals surface area contributed by atoms with Gasteiger partial charge < -0.3 is 15.3 Å². The van der Waals surface area contributed by atoms with Crippen LogP contribution in [0, 0.1) is 5.92 Å². The summed E-state index contributed by atoms with van der Waals surface area (Å²) < 4.78 is 0. The zero-order valence-electron chi connectivity index (χ0n) is 12.5. The van der Waals surface area contributed by atoms with Crippen molar-refractivity contribution in [3.8, 4) is 0 Å². The molecular formula is C16H22N2O3. The molecule has 1 fully saturated rings. The van der Waals surface area contributed by atoms with Crippen LogP contribution in [0.1, 0.15) is 29.3 Å². The number of nitrogens with one attached hydrogen (secondary N) is 1. The van der Waals surface area contributed by atoms with Crippen LogP contribution in [-0.4, -0.2) is 48.1 Å². The normalized spacial score (nSPS) is 21.2. The minimum atomic E-state index is -0.923. The Morgan fingerprint density at radius 3 is 2.71 bits per heavy atom. The first-order chi connectivity index (χ1) is 10.0. The van der Waals surface area contributed by atoms with Gasteiger partial charge >= 0.3 is 5.97 Å². The van der Waals surface area contributed by atoms with Gasteiger partial charge in [0.1, 0.15) is 0 Å². The predicted octanol–water partition coefficient (Wildman–Crippen LogP) is 1.38. The number of rotatable bonds is 5. The zero-order valence-corrected chi connectivity index (χ0v) is 12.5. The molecule has 0 radical (unpaired) electrons. The van der Waals surface area contributed by atoms with E-state index in [1.807, 2.05) is 19.1 Å². The van der Waals surface area contributed by atoms with Gasteiger partial charge in [-0.2, -0.15) is 0 Å². The monoisotopic (exact) mass is 290 g/mol. The van der Waals surface area contributed by atoms with Crippen LogP contribution in [0.25, 0.3) is 0 Å². The maximum atomic E-state index is 12.4. The minimum Gasteiger partial charge on any atom is -0.478 e. The smallest absolute Gasteiger partial charge is 0.335 e. The molecule has 1 aromatic carbocycles. The third-order valence-electron chi connectivity index (χ3n) is 4.18. The fraction of sp³-hybridized carbons (Fsp3) is 0.500. The summed E-state index contributed by atoms with van der Waals surface area (Å²) in [5, 5.41) is 12.4. The van der Waals surface area contributed by atoms with Gasteiger partial charge in [-0.1, -0.05) is 18.2 Å². The highest BCUT2D eigenvalue weighted by Crippen LogP contribution is 2.18. The molecule has 0 spiro atoms. The van der Waals surface area contributed by atoms with Gasteiger partial charge in [-0.25, -0.2) is 4.79 Å². The lowest BCUT2D eigenvalue weighted by Gasteiger charge is -2.23. The quantitative estimate of drug-likeness (QED) is 0.859. The van der Waals surface area contributed by atoms with Crippen LogP contribution in [0.15, 0.2) is 24.3 Å². The number of carboxylic acid groups (broad SMARTS) is 1. The highest BCUT2D eigenvalue weighted by molar-refractivity contribution is 5.89.